The molecule has 2 aromatic carbocycles. The monoisotopic (exact) mass is 778 g/mol. The van der Waals surface area contributed by atoms with Gasteiger partial charge in [-0.05, 0) is 141 Å². The molecule has 6 rings (SSSR count). The Morgan fingerprint density at radius 2 is 1.23 bits per heavy atom. The number of alkyl halides is 3. The minimum absolute atomic E-state index is 0.0826. The van der Waals surface area contributed by atoms with Crippen molar-refractivity contribution in [3.8, 4) is 22.8 Å². The third kappa shape index (κ3) is 14.5. The van der Waals surface area contributed by atoms with E-state index < -0.39 is 17.7 Å². The average molecular weight is 779 g/mol. The van der Waals surface area contributed by atoms with Crippen LogP contribution in [-0.2, 0) is 15.8 Å². The maximum Gasteiger partial charge on any atom is 0.416 e. The molecular formula is C40H53F3N10O3. The number of carboxylic acids is 1. The summed E-state index contributed by atoms with van der Waals surface area (Å²) in [4.78, 5) is 35.3. The zero-order valence-corrected chi connectivity index (χ0v) is 32.7. The van der Waals surface area contributed by atoms with Gasteiger partial charge < -0.3 is 26.0 Å². The number of nitrogens with two attached hydrogens (primary N) is 1. The van der Waals surface area contributed by atoms with Crippen LogP contribution >= 0.6 is 0 Å². The fourth-order valence-electron chi connectivity index (χ4n) is 6.29. The fourth-order valence-corrected chi connectivity index (χ4v) is 6.29. The van der Waals surface area contributed by atoms with Gasteiger partial charge in [0.25, 0.3) is 0 Å². The number of rotatable bonds is 9. The van der Waals surface area contributed by atoms with Gasteiger partial charge in [-0.1, -0.05) is 17.2 Å². The second-order valence-corrected chi connectivity index (χ2v) is 14.5. The molecule has 0 atom stereocenters. The number of nitrogens with zero attached hydrogens (tertiary/aromatic N) is 8. The number of nitrogens with one attached hydrogen (secondary N) is 1. The standard InChI is InChI=1S/C20H27N5O.C13H10F3N3O2.C7H16N2/c1-15-10-16(2)12-18(11-15)20-22-14-25(23-20)9-6-19(26)21-13-17-4-7-24(3)8-5-17;1-8-4-9(6-10(5-8)13(14,15)16)12-17-7-19(18-12)3-2-11(20)21;1-9-4-2-7(6-8)3-5-9/h6,9-12,14,17H,4-5,7-8,13H2,1-3H3,(H,21,26);2-7H,1H3,(H,20,21);7H,2-6,8H2,1H3/b9-6-;3-2-;. The first kappa shape index (κ1) is 43.5. The number of carbonyl (C=O) groups is 2. The number of hydrogen-bond acceptors (Lipinski definition) is 9. The van der Waals surface area contributed by atoms with Gasteiger partial charge in [0.2, 0.25) is 5.91 Å². The minimum atomic E-state index is -4.45. The third-order valence-electron chi connectivity index (χ3n) is 9.48. The zero-order valence-electron chi connectivity index (χ0n) is 32.7. The van der Waals surface area contributed by atoms with Gasteiger partial charge in [-0.2, -0.15) is 13.2 Å². The Morgan fingerprint density at radius 1 is 0.768 bits per heavy atom. The molecule has 0 aliphatic carbocycles. The lowest BCUT2D eigenvalue weighted by Crippen LogP contribution is -2.36. The van der Waals surface area contributed by atoms with Crippen LogP contribution < -0.4 is 11.1 Å². The quantitative estimate of drug-likeness (QED) is 0.183. The number of benzene rings is 2. The van der Waals surface area contributed by atoms with Gasteiger partial charge >= 0.3 is 12.1 Å². The second-order valence-electron chi connectivity index (χ2n) is 14.5. The van der Waals surface area contributed by atoms with E-state index in [1.165, 1.54) is 55.5 Å². The molecule has 4 aromatic rings. The van der Waals surface area contributed by atoms with Crippen LogP contribution in [0.25, 0.3) is 35.2 Å². The molecule has 0 unspecified atom stereocenters. The van der Waals surface area contributed by atoms with Crippen LogP contribution in [0.4, 0.5) is 13.2 Å². The van der Waals surface area contributed by atoms with E-state index in [0.717, 1.165) is 79.6 Å². The van der Waals surface area contributed by atoms with Crippen molar-refractivity contribution in [2.24, 2.45) is 17.6 Å². The van der Waals surface area contributed by atoms with Gasteiger partial charge in [-0.3, -0.25) is 4.79 Å². The Bertz CT molecular complexity index is 1920. The van der Waals surface area contributed by atoms with Crippen molar-refractivity contribution in [1.29, 1.82) is 0 Å². The number of likely N-dealkylation sites (tertiary alicyclic amines) is 2. The summed E-state index contributed by atoms with van der Waals surface area (Å²) >= 11 is 0. The number of amides is 1. The summed E-state index contributed by atoms with van der Waals surface area (Å²) in [7, 11) is 4.31. The van der Waals surface area contributed by atoms with Crippen molar-refractivity contribution in [2.45, 2.75) is 52.6 Å². The van der Waals surface area contributed by atoms with Crippen molar-refractivity contribution in [1.82, 2.24) is 44.6 Å². The molecule has 0 bridgehead atoms. The summed E-state index contributed by atoms with van der Waals surface area (Å²) in [5.41, 5.74) is 8.74. The number of aliphatic carboxylic acids is 1. The van der Waals surface area contributed by atoms with Crippen molar-refractivity contribution in [3.63, 3.8) is 0 Å². The average Bonchev–Trinajstić information content (AvgIpc) is 3.83. The van der Waals surface area contributed by atoms with Crippen LogP contribution in [0, 0.1) is 32.6 Å². The molecule has 0 saturated carbocycles. The lowest BCUT2D eigenvalue weighted by atomic mass is 9.97. The first-order valence-electron chi connectivity index (χ1n) is 18.6. The first-order valence-corrected chi connectivity index (χ1v) is 18.6. The zero-order chi connectivity index (χ0) is 40.8. The van der Waals surface area contributed by atoms with E-state index >= 15 is 0 Å². The molecular weight excluding hydrogens is 726 g/mol. The van der Waals surface area contributed by atoms with Crippen LogP contribution in [-0.4, -0.2) is 110 Å². The van der Waals surface area contributed by atoms with Gasteiger partial charge in [0, 0.05) is 42.2 Å². The molecule has 56 heavy (non-hydrogen) atoms. The molecule has 2 aliphatic rings. The molecule has 4 N–H and O–H groups in total. The van der Waals surface area contributed by atoms with Gasteiger partial charge in [0.05, 0.1) is 5.56 Å². The fraction of sp³-hybridized carbons (Fsp3) is 0.450. The Morgan fingerprint density at radius 3 is 1.71 bits per heavy atom. The maximum absolute atomic E-state index is 12.8. The highest BCUT2D eigenvalue weighted by molar-refractivity contribution is 5.90. The highest BCUT2D eigenvalue weighted by Crippen LogP contribution is 2.32. The third-order valence-corrected chi connectivity index (χ3v) is 9.48. The van der Waals surface area contributed by atoms with E-state index in [0.29, 0.717) is 17.3 Å². The van der Waals surface area contributed by atoms with E-state index in [1.807, 2.05) is 0 Å². The van der Waals surface area contributed by atoms with Crippen molar-refractivity contribution in [2.75, 3.05) is 53.4 Å². The number of carbonyl (C=O) groups excluding carboxylic acids is 1. The van der Waals surface area contributed by atoms with Crippen LogP contribution in [0.1, 0.15) is 47.9 Å². The Kier molecular flexibility index (Phi) is 16.1. The molecule has 13 nitrogen and oxygen atoms in total. The summed E-state index contributed by atoms with van der Waals surface area (Å²) in [6.07, 6.45) is 8.39. The summed E-state index contributed by atoms with van der Waals surface area (Å²) in [5, 5.41) is 19.8. The predicted octanol–water partition coefficient (Wildman–Crippen LogP) is 5.61. The summed E-state index contributed by atoms with van der Waals surface area (Å²) in [6.45, 7) is 12.0. The van der Waals surface area contributed by atoms with E-state index in [-0.39, 0.29) is 17.3 Å². The van der Waals surface area contributed by atoms with Crippen LogP contribution in [0.5, 0.6) is 0 Å². The Balaban J connectivity index is 0.000000207. The largest absolute Gasteiger partial charge is 0.478 e. The first-order chi connectivity index (χ1) is 26.6. The summed E-state index contributed by atoms with van der Waals surface area (Å²) in [6, 6.07) is 9.75. The summed E-state index contributed by atoms with van der Waals surface area (Å²) in [5.74, 6) is 0.869. The van der Waals surface area contributed by atoms with Crippen LogP contribution in [0.2, 0.25) is 0 Å². The Labute approximate surface area is 326 Å². The number of piperidine rings is 2. The molecule has 4 heterocycles. The number of aromatic nitrogens is 6. The van der Waals surface area contributed by atoms with Crippen LogP contribution in [0.3, 0.4) is 0 Å². The second kappa shape index (κ2) is 20.6. The molecule has 16 heteroatoms. The molecule has 302 valence electrons. The minimum Gasteiger partial charge on any atom is -0.478 e. The normalized spacial score (nSPS) is 16.0. The number of halogens is 3. The number of hydrogen-bond donors (Lipinski definition) is 3. The van der Waals surface area contributed by atoms with Gasteiger partial charge in [-0.25, -0.2) is 24.1 Å². The lowest BCUT2D eigenvalue weighted by Gasteiger charge is -2.28. The molecule has 2 fully saturated rings. The molecule has 0 spiro atoms. The van der Waals surface area contributed by atoms with Crippen molar-refractivity contribution >= 4 is 24.3 Å². The van der Waals surface area contributed by atoms with E-state index in [1.54, 1.807) is 24.1 Å². The van der Waals surface area contributed by atoms with Gasteiger partial charge in [-0.15, -0.1) is 10.2 Å². The van der Waals surface area contributed by atoms with Gasteiger partial charge in [0.15, 0.2) is 11.6 Å². The SMILES string of the molecule is CN1CCC(CN)CC1.Cc1cc(-c2ncn(/C=C\C(=O)O)n2)cc(C(F)(F)F)c1.Cc1cc(C)cc(-c2ncn(/C=C\C(=O)NCC3CCN(C)CC3)n2)c1. The topological polar surface area (TPSA) is 160 Å². The number of carboxylic acid groups (broad SMARTS) is 1. The van der Waals surface area contributed by atoms with E-state index in [4.69, 9.17) is 10.8 Å². The van der Waals surface area contributed by atoms with Crippen LogP contribution in [0.15, 0.2) is 61.2 Å². The molecule has 2 aromatic heterocycles. The molecule has 0 radical (unpaired) electrons. The molecule has 2 saturated heterocycles. The summed E-state index contributed by atoms with van der Waals surface area (Å²) < 4.78 is 40.9. The molecule has 2 aliphatic heterocycles. The highest BCUT2D eigenvalue weighted by Gasteiger charge is 2.31. The van der Waals surface area contributed by atoms with E-state index in [2.05, 4.69) is 81.4 Å². The predicted molar refractivity (Wildman–Crippen MR) is 211 cm³/mol. The Hall–Kier alpha value is -5.19. The lowest BCUT2D eigenvalue weighted by molar-refractivity contribution is -0.137. The van der Waals surface area contributed by atoms with Gasteiger partial charge in [0.1, 0.15) is 12.7 Å². The number of aryl methyl sites for hydroxylation is 3. The maximum atomic E-state index is 12.8. The molecule has 1 amide bonds. The van der Waals surface area contributed by atoms with Crippen molar-refractivity contribution in [3.05, 3.63) is 83.5 Å². The van der Waals surface area contributed by atoms with Crippen molar-refractivity contribution < 1.29 is 27.9 Å². The van der Waals surface area contributed by atoms with E-state index in [9.17, 15) is 22.8 Å². The highest BCUT2D eigenvalue weighted by atomic mass is 19.4. The smallest absolute Gasteiger partial charge is 0.416 e.